The van der Waals surface area contributed by atoms with Crippen LogP contribution in [0.15, 0.2) is 65.8 Å². The second-order valence-electron chi connectivity index (χ2n) is 7.86. The first-order valence-electron chi connectivity index (χ1n) is 10.7. The Morgan fingerprint density at radius 1 is 0.935 bits per heavy atom. The molecule has 160 valence electrons. The van der Waals surface area contributed by atoms with Gasteiger partial charge in [0.2, 0.25) is 11.8 Å². The summed E-state index contributed by atoms with van der Waals surface area (Å²) < 4.78 is 0. The van der Waals surface area contributed by atoms with Crippen LogP contribution in [0.1, 0.15) is 42.9 Å². The number of nitrogens with zero attached hydrogens (tertiary/aromatic N) is 3. The minimum absolute atomic E-state index is 0.0947. The van der Waals surface area contributed by atoms with Gasteiger partial charge in [-0.15, -0.1) is 0 Å². The maximum atomic E-state index is 13.1. The van der Waals surface area contributed by atoms with Crippen molar-refractivity contribution in [3.8, 4) is 0 Å². The third kappa shape index (κ3) is 5.17. The van der Waals surface area contributed by atoms with Gasteiger partial charge in [0.05, 0.1) is 12.6 Å². The highest BCUT2D eigenvalue weighted by Crippen LogP contribution is 2.20. The molecule has 1 unspecified atom stereocenters. The van der Waals surface area contributed by atoms with Crippen LogP contribution in [0, 0.1) is 0 Å². The van der Waals surface area contributed by atoms with Crippen LogP contribution in [-0.2, 0) is 20.9 Å². The molecule has 4 rings (SSSR count). The van der Waals surface area contributed by atoms with Crippen molar-refractivity contribution >= 4 is 23.4 Å². The smallest absolute Gasteiger partial charge is 0.268 e. The highest BCUT2D eigenvalue weighted by atomic mass is 16.2. The summed E-state index contributed by atoms with van der Waals surface area (Å²) in [4.78, 5) is 39.3. The van der Waals surface area contributed by atoms with E-state index in [2.05, 4.69) is 10.4 Å². The fourth-order valence-corrected chi connectivity index (χ4v) is 3.92. The molecule has 2 heterocycles. The summed E-state index contributed by atoms with van der Waals surface area (Å²) in [6.07, 6.45) is 1.95. The minimum atomic E-state index is -0.335. The summed E-state index contributed by atoms with van der Waals surface area (Å²) in [5.41, 5.74) is 2.23. The highest BCUT2D eigenvalue weighted by Gasteiger charge is 2.29. The Balaban J connectivity index is 1.49. The largest absolute Gasteiger partial charge is 0.342 e. The Labute approximate surface area is 181 Å². The first kappa shape index (κ1) is 20.8. The van der Waals surface area contributed by atoms with Crippen molar-refractivity contribution in [2.24, 2.45) is 5.10 Å². The van der Waals surface area contributed by atoms with Gasteiger partial charge < -0.3 is 10.2 Å². The number of hydrogen-bond donors (Lipinski definition) is 1. The quantitative estimate of drug-likeness (QED) is 0.751. The number of amides is 3. The molecule has 2 aromatic rings. The lowest BCUT2D eigenvalue weighted by Crippen LogP contribution is -2.43. The molecule has 0 saturated carbocycles. The van der Waals surface area contributed by atoms with Gasteiger partial charge in [-0.25, -0.2) is 5.01 Å². The number of carbonyl (C=O) groups excluding carboxylic acids is 3. The zero-order valence-electron chi connectivity index (χ0n) is 17.4. The van der Waals surface area contributed by atoms with Gasteiger partial charge in [0.25, 0.3) is 5.91 Å². The minimum Gasteiger partial charge on any atom is -0.342 e. The third-order valence-electron chi connectivity index (χ3n) is 5.62. The number of likely N-dealkylation sites (tertiary alicyclic amines) is 1. The summed E-state index contributed by atoms with van der Waals surface area (Å²) in [5, 5.41) is 8.78. The van der Waals surface area contributed by atoms with Crippen molar-refractivity contribution in [2.45, 2.75) is 38.3 Å². The van der Waals surface area contributed by atoms with Crippen molar-refractivity contribution < 1.29 is 14.4 Å². The lowest BCUT2D eigenvalue weighted by molar-refractivity contribution is -0.132. The Hall–Kier alpha value is -3.48. The molecule has 1 N–H and O–H groups in total. The van der Waals surface area contributed by atoms with Crippen LogP contribution in [0.3, 0.4) is 0 Å². The molecule has 7 nitrogen and oxygen atoms in total. The summed E-state index contributed by atoms with van der Waals surface area (Å²) in [7, 11) is 0. The van der Waals surface area contributed by atoms with Gasteiger partial charge in [-0.05, 0) is 17.5 Å². The number of benzene rings is 2. The molecule has 2 aliphatic rings. The second kappa shape index (κ2) is 9.55. The Morgan fingerprint density at radius 3 is 2.32 bits per heavy atom. The van der Waals surface area contributed by atoms with E-state index in [-0.39, 0.29) is 30.2 Å². The van der Waals surface area contributed by atoms with Crippen LogP contribution in [-0.4, -0.2) is 46.4 Å². The van der Waals surface area contributed by atoms with Crippen molar-refractivity contribution in [1.82, 2.24) is 15.2 Å². The number of carbonyl (C=O) groups is 3. The molecular weight excluding hydrogens is 392 g/mol. The van der Waals surface area contributed by atoms with E-state index in [4.69, 9.17) is 0 Å². The maximum Gasteiger partial charge on any atom is 0.268 e. The summed E-state index contributed by atoms with van der Waals surface area (Å²) in [6.45, 7) is 1.47. The first-order valence-corrected chi connectivity index (χ1v) is 10.7. The van der Waals surface area contributed by atoms with Gasteiger partial charge in [-0.3, -0.25) is 14.4 Å². The molecule has 1 saturated heterocycles. The summed E-state index contributed by atoms with van der Waals surface area (Å²) in [5.74, 6) is -0.279. The third-order valence-corrected chi connectivity index (χ3v) is 5.62. The van der Waals surface area contributed by atoms with Gasteiger partial charge in [0.15, 0.2) is 0 Å². The molecule has 1 atom stereocenters. The van der Waals surface area contributed by atoms with E-state index in [1.807, 2.05) is 60.7 Å². The van der Waals surface area contributed by atoms with Gasteiger partial charge in [-0.1, -0.05) is 60.7 Å². The highest BCUT2D eigenvalue weighted by molar-refractivity contribution is 6.39. The number of nitrogens with one attached hydrogen (secondary N) is 1. The summed E-state index contributed by atoms with van der Waals surface area (Å²) in [6, 6.07) is 18.9. The maximum absolute atomic E-state index is 13.1. The van der Waals surface area contributed by atoms with Crippen LogP contribution in [0.4, 0.5) is 0 Å². The van der Waals surface area contributed by atoms with Gasteiger partial charge in [-0.2, -0.15) is 5.10 Å². The molecule has 7 heteroatoms. The molecule has 0 aromatic heterocycles. The molecule has 0 radical (unpaired) electrons. The standard InChI is InChI=1S/C24H26N4O3/c29-22-12-7-15-27(22)17-21(19-10-5-2-6-11-19)25-24(31)20-13-14-23(30)28(26-20)16-18-8-3-1-4-9-18/h1-6,8-11,21H,7,12-17H2,(H,25,31). The Morgan fingerprint density at radius 2 is 1.65 bits per heavy atom. The number of hydrogen-bond acceptors (Lipinski definition) is 4. The molecule has 0 aliphatic carbocycles. The molecular formula is C24H26N4O3. The number of hydrazone groups is 1. The molecule has 2 aromatic carbocycles. The van der Waals surface area contributed by atoms with Crippen LogP contribution >= 0.6 is 0 Å². The molecule has 3 amide bonds. The number of rotatable bonds is 7. The predicted octanol–water partition coefficient (Wildman–Crippen LogP) is 2.64. The van der Waals surface area contributed by atoms with E-state index in [0.717, 1.165) is 17.5 Å². The fraction of sp³-hybridized carbons (Fsp3) is 0.333. The lowest BCUT2D eigenvalue weighted by Gasteiger charge is -2.27. The molecule has 1 fully saturated rings. The average molecular weight is 418 g/mol. The van der Waals surface area contributed by atoms with Gasteiger partial charge >= 0.3 is 0 Å². The van der Waals surface area contributed by atoms with E-state index in [0.29, 0.717) is 38.2 Å². The molecule has 0 spiro atoms. The Kier molecular flexibility index (Phi) is 6.40. The van der Waals surface area contributed by atoms with Crippen LogP contribution < -0.4 is 5.32 Å². The van der Waals surface area contributed by atoms with Crippen molar-refractivity contribution in [2.75, 3.05) is 13.1 Å². The summed E-state index contributed by atoms with van der Waals surface area (Å²) >= 11 is 0. The molecule has 2 aliphatic heterocycles. The topological polar surface area (TPSA) is 82.1 Å². The monoisotopic (exact) mass is 418 g/mol. The lowest BCUT2D eigenvalue weighted by atomic mass is 10.0. The van der Waals surface area contributed by atoms with Crippen molar-refractivity contribution in [1.29, 1.82) is 0 Å². The van der Waals surface area contributed by atoms with Gasteiger partial charge in [0, 0.05) is 32.4 Å². The predicted molar refractivity (Wildman–Crippen MR) is 117 cm³/mol. The van der Waals surface area contributed by atoms with Crippen molar-refractivity contribution in [3.05, 3.63) is 71.8 Å². The molecule has 31 heavy (non-hydrogen) atoms. The zero-order chi connectivity index (χ0) is 21.6. The van der Waals surface area contributed by atoms with E-state index in [1.165, 1.54) is 5.01 Å². The van der Waals surface area contributed by atoms with Crippen LogP contribution in [0.2, 0.25) is 0 Å². The van der Waals surface area contributed by atoms with E-state index in [1.54, 1.807) is 4.90 Å². The van der Waals surface area contributed by atoms with E-state index in [9.17, 15) is 14.4 Å². The van der Waals surface area contributed by atoms with Crippen LogP contribution in [0.5, 0.6) is 0 Å². The van der Waals surface area contributed by atoms with E-state index < -0.39 is 0 Å². The molecule has 0 bridgehead atoms. The second-order valence-corrected chi connectivity index (χ2v) is 7.86. The Bertz CT molecular complexity index is 975. The normalized spacial score (nSPS) is 17.5. The van der Waals surface area contributed by atoms with Gasteiger partial charge in [0.1, 0.15) is 5.71 Å². The zero-order valence-corrected chi connectivity index (χ0v) is 17.4. The van der Waals surface area contributed by atoms with Crippen LogP contribution in [0.25, 0.3) is 0 Å². The van der Waals surface area contributed by atoms with Crippen molar-refractivity contribution in [3.63, 3.8) is 0 Å². The average Bonchev–Trinajstić information content (AvgIpc) is 3.20. The SMILES string of the molecule is O=C(NC(CN1CCCC1=O)c1ccccc1)C1=NN(Cc2ccccc2)C(=O)CC1. The van der Waals surface area contributed by atoms with E-state index >= 15 is 0 Å². The fourth-order valence-electron chi connectivity index (χ4n) is 3.92. The first-order chi connectivity index (χ1) is 15.1.